The molecule has 2 aliphatic rings. The highest BCUT2D eigenvalue weighted by Crippen LogP contribution is 2.38. The quantitative estimate of drug-likeness (QED) is 0.610. The van der Waals surface area contributed by atoms with E-state index in [0.717, 1.165) is 57.8 Å². The number of nitrogens with zero attached hydrogens (tertiary/aromatic N) is 3. The summed E-state index contributed by atoms with van der Waals surface area (Å²) < 4.78 is 5.39. The Morgan fingerprint density at radius 3 is 2.33 bits per heavy atom. The average molecular weight is 418 g/mol. The van der Waals surface area contributed by atoms with Gasteiger partial charge in [0, 0.05) is 51.4 Å². The molecule has 2 saturated heterocycles. The molecule has 2 fully saturated rings. The maximum absolute atomic E-state index is 12.0. The summed E-state index contributed by atoms with van der Waals surface area (Å²) >= 11 is 0. The molecule has 0 aromatic heterocycles. The second kappa shape index (κ2) is 9.82. The lowest BCUT2D eigenvalue weighted by Crippen LogP contribution is -2.52. The fourth-order valence-electron chi connectivity index (χ4n) is 4.16. The first-order chi connectivity index (χ1) is 14.4. The number of amides is 2. The van der Waals surface area contributed by atoms with E-state index in [9.17, 15) is 9.59 Å². The number of anilines is 3. The Morgan fingerprint density at radius 2 is 1.77 bits per heavy atom. The first-order valence-corrected chi connectivity index (χ1v) is 10.2. The zero-order valence-electron chi connectivity index (χ0n) is 17.7. The van der Waals surface area contributed by atoms with E-state index in [1.165, 1.54) is 13.2 Å². The van der Waals surface area contributed by atoms with Crippen molar-refractivity contribution in [2.75, 3.05) is 69.0 Å². The van der Waals surface area contributed by atoms with Crippen molar-refractivity contribution < 1.29 is 19.4 Å². The van der Waals surface area contributed by atoms with Gasteiger partial charge >= 0.3 is 6.09 Å². The summed E-state index contributed by atoms with van der Waals surface area (Å²) in [6.45, 7) is 9.61. The molecule has 0 aliphatic carbocycles. The van der Waals surface area contributed by atoms with Crippen molar-refractivity contribution in [2.24, 2.45) is 0 Å². The van der Waals surface area contributed by atoms with Gasteiger partial charge in [-0.25, -0.2) is 4.79 Å². The summed E-state index contributed by atoms with van der Waals surface area (Å²) in [5.74, 6) is 0.0557. The van der Waals surface area contributed by atoms with Crippen LogP contribution in [0.15, 0.2) is 24.8 Å². The molecule has 0 radical (unpaired) electrons. The highest BCUT2D eigenvalue weighted by Gasteiger charge is 2.28. The van der Waals surface area contributed by atoms with Crippen LogP contribution in [0.4, 0.5) is 21.9 Å². The number of piperazine rings is 1. The number of ether oxygens (including phenoxy) is 1. The molecular weight excluding hydrogens is 386 g/mol. The summed E-state index contributed by atoms with van der Waals surface area (Å²) in [6, 6.07) is 3.94. The standard InChI is InChI=1S/C21H31N5O4/c1-4-20(27)22-16-13-17(23-21(28)29)19(30-3)14-18(16)26-7-5-15(6-8-26)25-11-9-24(2)10-12-25/h4,13-15,23H,1,5-12H2,2-3H3,(H,22,27)(H,28,29). The molecule has 2 aliphatic heterocycles. The number of piperidine rings is 1. The Kier molecular flexibility index (Phi) is 7.17. The van der Waals surface area contributed by atoms with Crippen molar-refractivity contribution in [3.63, 3.8) is 0 Å². The van der Waals surface area contributed by atoms with Crippen molar-refractivity contribution in [1.29, 1.82) is 0 Å². The van der Waals surface area contributed by atoms with E-state index in [2.05, 4.69) is 39.0 Å². The molecular formula is C21H31N5O4. The Morgan fingerprint density at radius 1 is 1.10 bits per heavy atom. The summed E-state index contributed by atoms with van der Waals surface area (Å²) in [5, 5.41) is 14.2. The second-order valence-corrected chi connectivity index (χ2v) is 7.75. The lowest BCUT2D eigenvalue weighted by molar-refractivity contribution is -0.111. The highest BCUT2D eigenvalue weighted by atomic mass is 16.5. The maximum atomic E-state index is 12.0. The molecule has 0 unspecified atom stereocenters. The predicted octanol–water partition coefficient (Wildman–Crippen LogP) is 2.13. The molecule has 2 amide bonds. The lowest BCUT2D eigenvalue weighted by atomic mass is 10.0. The average Bonchev–Trinajstić information content (AvgIpc) is 2.74. The number of rotatable bonds is 6. The summed E-state index contributed by atoms with van der Waals surface area (Å²) in [5.41, 5.74) is 1.62. The smallest absolute Gasteiger partial charge is 0.409 e. The Balaban J connectivity index is 1.79. The van der Waals surface area contributed by atoms with Crippen molar-refractivity contribution in [3.05, 3.63) is 24.8 Å². The van der Waals surface area contributed by atoms with Gasteiger partial charge in [-0.2, -0.15) is 0 Å². The summed E-state index contributed by atoms with van der Waals surface area (Å²) in [6.07, 6.45) is 2.07. The number of benzene rings is 1. The fourth-order valence-corrected chi connectivity index (χ4v) is 4.16. The SMILES string of the molecule is C=CC(=O)Nc1cc(NC(=O)O)c(OC)cc1N1CCC(N2CCN(C)CC2)CC1. The molecule has 9 heteroatoms. The van der Waals surface area contributed by atoms with Crippen LogP contribution >= 0.6 is 0 Å². The molecule has 3 rings (SSSR count). The number of carbonyl (C=O) groups is 2. The number of hydrogen-bond acceptors (Lipinski definition) is 6. The molecule has 2 heterocycles. The van der Waals surface area contributed by atoms with Gasteiger partial charge in [0.1, 0.15) is 5.75 Å². The van der Waals surface area contributed by atoms with Crippen LogP contribution in [0.25, 0.3) is 0 Å². The van der Waals surface area contributed by atoms with Crippen LogP contribution in [0.3, 0.4) is 0 Å². The number of nitrogens with one attached hydrogen (secondary N) is 2. The van der Waals surface area contributed by atoms with Gasteiger partial charge in [-0.1, -0.05) is 6.58 Å². The normalized spacial score (nSPS) is 18.7. The Labute approximate surface area is 177 Å². The first-order valence-electron chi connectivity index (χ1n) is 10.2. The molecule has 1 aromatic rings. The van der Waals surface area contributed by atoms with Crippen LogP contribution in [0, 0.1) is 0 Å². The van der Waals surface area contributed by atoms with Crippen LogP contribution in [0.5, 0.6) is 5.75 Å². The third-order valence-corrected chi connectivity index (χ3v) is 5.86. The fraction of sp³-hybridized carbons (Fsp3) is 0.524. The van der Waals surface area contributed by atoms with Crippen LogP contribution < -0.4 is 20.3 Å². The minimum atomic E-state index is -1.20. The number of hydrogen-bond donors (Lipinski definition) is 3. The minimum absolute atomic E-state index is 0.278. The molecule has 30 heavy (non-hydrogen) atoms. The molecule has 164 valence electrons. The van der Waals surface area contributed by atoms with Gasteiger partial charge in [0.05, 0.1) is 24.2 Å². The predicted molar refractivity (Wildman–Crippen MR) is 118 cm³/mol. The van der Waals surface area contributed by atoms with E-state index >= 15 is 0 Å². The third kappa shape index (κ3) is 5.22. The van der Waals surface area contributed by atoms with Crippen molar-refractivity contribution in [1.82, 2.24) is 9.80 Å². The first kappa shape index (κ1) is 21.9. The Bertz CT molecular complexity index is 784. The third-order valence-electron chi connectivity index (χ3n) is 5.86. The van der Waals surface area contributed by atoms with Crippen molar-refractivity contribution in [2.45, 2.75) is 18.9 Å². The van der Waals surface area contributed by atoms with Crippen LogP contribution in [0.1, 0.15) is 12.8 Å². The largest absolute Gasteiger partial charge is 0.494 e. The van der Waals surface area contributed by atoms with E-state index in [4.69, 9.17) is 9.84 Å². The highest BCUT2D eigenvalue weighted by molar-refractivity contribution is 6.02. The summed E-state index contributed by atoms with van der Waals surface area (Å²) in [7, 11) is 3.66. The zero-order chi connectivity index (χ0) is 21.7. The number of carbonyl (C=O) groups excluding carboxylic acids is 1. The van der Waals surface area contributed by atoms with E-state index in [1.807, 2.05) is 0 Å². The van der Waals surface area contributed by atoms with Crippen LogP contribution in [-0.4, -0.2) is 86.4 Å². The number of likely N-dealkylation sites (N-methyl/N-ethyl adjacent to an activating group) is 1. The summed E-state index contributed by atoms with van der Waals surface area (Å²) in [4.78, 5) is 30.3. The van der Waals surface area contributed by atoms with Gasteiger partial charge < -0.3 is 25.0 Å². The van der Waals surface area contributed by atoms with Gasteiger partial charge in [-0.3, -0.25) is 15.0 Å². The molecule has 0 bridgehead atoms. The van der Waals surface area contributed by atoms with Crippen LogP contribution in [0.2, 0.25) is 0 Å². The topological polar surface area (TPSA) is 97.4 Å². The number of methoxy groups -OCH3 is 1. The minimum Gasteiger partial charge on any atom is -0.494 e. The molecule has 0 spiro atoms. The van der Waals surface area contributed by atoms with E-state index in [1.54, 1.807) is 12.1 Å². The molecule has 3 N–H and O–H groups in total. The van der Waals surface area contributed by atoms with Crippen molar-refractivity contribution in [3.8, 4) is 5.75 Å². The van der Waals surface area contributed by atoms with Gasteiger partial charge in [-0.05, 0) is 32.0 Å². The number of carboxylic acid groups (broad SMARTS) is 1. The molecule has 9 nitrogen and oxygen atoms in total. The molecule has 0 atom stereocenters. The second-order valence-electron chi connectivity index (χ2n) is 7.75. The molecule has 1 aromatic carbocycles. The van der Waals surface area contributed by atoms with Gasteiger partial charge in [-0.15, -0.1) is 0 Å². The van der Waals surface area contributed by atoms with E-state index in [-0.39, 0.29) is 11.6 Å². The van der Waals surface area contributed by atoms with Crippen molar-refractivity contribution >= 4 is 29.1 Å². The van der Waals surface area contributed by atoms with Gasteiger partial charge in [0.2, 0.25) is 5.91 Å². The molecule has 0 saturated carbocycles. The maximum Gasteiger partial charge on any atom is 0.409 e. The van der Waals surface area contributed by atoms with E-state index in [0.29, 0.717) is 17.5 Å². The lowest BCUT2D eigenvalue weighted by Gasteiger charge is -2.43. The monoisotopic (exact) mass is 417 g/mol. The van der Waals surface area contributed by atoms with Gasteiger partial charge in [0.25, 0.3) is 0 Å². The Hall–Kier alpha value is -2.78. The zero-order valence-corrected chi connectivity index (χ0v) is 17.7. The van der Waals surface area contributed by atoms with Gasteiger partial charge in [0.15, 0.2) is 0 Å². The van der Waals surface area contributed by atoms with E-state index < -0.39 is 6.09 Å². The van der Waals surface area contributed by atoms with Crippen LogP contribution in [-0.2, 0) is 4.79 Å².